The van der Waals surface area contributed by atoms with Crippen molar-refractivity contribution in [2.45, 2.75) is 52.4 Å². The lowest BCUT2D eigenvalue weighted by Crippen LogP contribution is -2.33. The molecular formula is C30H34FN3O5. The minimum absolute atomic E-state index is 0.0230. The van der Waals surface area contributed by atoms with Crippen molar-refractivity contribution >= 4 is 17.7 Å². The van der Waals surface area contributed by atoms with Gasteiger partial charge in [0.05, 0.1) is 36.6 Å². The quantitative estimate of drug-likeness (QED) is 0.395. The summed E-state index contributed by atoms with van der Waals surface area (Å²) in [5, 5.41) is 2.60. The third-order valence-electron chi connectivity index (χ3n) is 6.10. The Morgan fingerprint density at radius 3 is 2.56 bits per heavy atom. The molecule has 0 fully saturated rings. The SMILES string of the molecule is CCOC(=O)Cc1cccc2c1OC(c1cccc(-c3cccc(CNC(=O)OC(C)(C)C)c3F)n1)CN2C. The van der Waals surface area contributed by atoms with Crippen LogP contribution in [0.1, 0.15) is 50.6 Å². The fourth-order valence-electron chi connectivity index (χ4n) is 4.37. The summed E-state index contributed by atoms with van der Waals surface area (Å²) >= 11 is 0. The molecule has 1 aliphatic rings. The first kappa shape index (κ1) is 27.9. The fraction of sp³-hybridized carbons (Fsp3) is 0.367. The van der Waals surface area contributed by atoms with Crippen LogP contribution in [0.15, 0.2) is 54.6 Å². The number of hydrogen-bond acceptors (Lipinski definition) is 7. The van der Waals surface area contributed by atoms with Crippen LogP contribution in [0.25, 0.3) is 11.3 Å². The van der Waals surface area contributed by atoms with Crippen molar-refractivity contribution in [2.75, 3.05) is 25.1 Å². The van der Waals surface area contributed by atoms with Crippen LogP contribution in [0.5, 0.6) is 5.75 Å². The summed E-state index contributed by atoms with van der Waals surface area (Å²) in [5.41, 5.74) is 2.66. The number of aromatic nitrogens is 1. The van der Waals surface area contributed by atoms with E-state index in [1.165, 1.54) is 0 Å². The first-order valence-electron chi connectivity index (χ1n) is 12.9. The maximum atomic E-state index is 15.5. The molecule has 9 heteroatoms. The number of pyridine rings is 1. The normalized spacial score (nSPS) is 14.7. The summed E-state index contributed by atoms with van der Waals surface area (Å²) in [6.45, 7) is 7.87. The van der Waals surface area contributed by atoms with Crippen molar-refractivity contribution < 1.29 is 28.2 Å². The number of halogens is 1. The van der Waals surface area contributed by atoms with E-state index in [9.17, 15) is 9.59 Å². The van der Waals surface area contributed by atoms with Gasteiger partial charge in [-0.15, -0.1) is 0 Å². The van der Waals surface area contributed by atoms with Crippen LogP contribution in [0, 0.1) is 5.82 Å². The summed E-state index contributed by atoms with van der Waals surface area (Å²) in [6.07, 6.45) is -0.958. The number of para-hydroxylation sites is 1. The highest BCUT2D eigenvalue weighted by atomic mass is 19.1. The summed E-state index contributed by atoms with van der Waals surface area (Å²) in [7, 11) is 1.95. The van der Waals surface area contributed by atoms with Crippen LogP contribution >= 0.6 is 0 Å². The second-order valence-corrected chi connectivity index (χ2v) is 10.3. The largest absolute Gasteiger partial charge is 0.480 e. The third-order valence-corrected chi connectivity index (χ3v) is 6.10. The van der Waals surface area contributed by atoms with Gasteiger partial charge in [-0.1, -0.05) is 30.3 Å². The number of amides is 1. The Bertz CT molecular complexity index is 1350. The number of hydrogen-bond donors (Lipinski definition) is 1. The van der Waals surface area contributed by atoms with Crippen molar-refractivity contribution in [3.63, 3.8) is 0 Å². The predicted octanol–water partition coefficient (Wildman–Crippen LogP) is 5.59. The van der Waals surface area contributed by atoms with Gasteiger partial charge in [0.15, 0.2) is 6.10 Å². The zero-order chi connectivity index (χ0) is 28.2. The molecular weight excluding hydrogens is 501 g/mol. The molecule has 206 valence electrons. The number of ether oxygens (including phenoxy) is 3. The Morgan fingerprint density at radius 2 is 1.82 bits per heavy atom. The minimum Gasteiger partial charge on any atom is -0.480 e. The molecule has 8 nitrogen and oxygen atoms in total. The van der Waals surface area contributed by atoms with Gasteiger partial charge in [-0.25, -0.2) is 14.2 Å². The smallest absolute Gasteiger partial charge is 0.407 e. The van der Waals surface area contributed by atoms with Crippen molar-refractivity contribution in [1.29, 1.82) is 0 Å². The number of nitrogens with zero attached hydrogens (tertiary/aromatic N) is 2. The van der Waals surface area contributed by atoms with Gasteiger partial charge in [0.25, 0.3) is 0 Å². The molecule has 0 aliphatic carbocycles. The molecule has 2 aromatic carbocycles. The molecule has 1 aromatic heterocycles. The number of esters is 1. The van der Waals surface area contributed by atoms with Gasteiger partial charge < -0.3 is 24.4 Å². The summed E-state index contributed by atoms with van der Waals surface area (Å²) in [4.78, 5) is 31.0. The lowest BCUT2D eigenvalue weighted by atomic mass is 10.0. The van der Waals surface area contributed by atoms with E-state index >= 15 is 4.39 Å². The summed E-state index contributed by atoms with van der Waals surface area (Å²) < 4.78 is 32.3. The van der Waals surface area contributed by atoms with Crippen LogP contribution in [0.3, 0.4) is 0 Å². The Hall–Kier alpha value is -4.14. The number of rotatable bonds is 7. The minimum atomic E-state index is -0.649. The van der Waals surface area contributed by atoms with E-state index < -0.39 is 23.6 Å². The van der Waals surface area contributed by atoms with Gasteiger partial charge in [0.2, 0.25) is 0 Å². The molecule has 0 spiro atoms. The molecule has 2 heterocycles. The Labute approximate surface area is 228 Å². The first-order chi connectivity index (χ1) is 18.6. The second-order valence-electron chi connectivity index (χ2n) is 10.3. The zero-order valence-corrected chi connectivity index (χ0v) is 22.9. The van der Waals surface area contributed by atoms with E-state index in [4.69, 9.17) is 19.2 Å². The number of fused-ring (bicyclic) bond motifs is 1. The number of likely N-dealkylation sites (N-methyl/N-ethyl adjacent to an activating group) is 1. The highest BCUT2D eigenvalue weighted by Crippen LogP contribution is 2.40. The molecule has 3 aromatic rings. The summed E-state index contributed by atoms with van der Waals surface area (Å²) in [6, 6.07) is 16.1. The first-order valence-corrected chi connectivity index (χ1v) is 12.9. The Morgan fingerprint density at radius 1 is 1.10 bits per heavy atom. The number of carbonyl (C=O) groups is 2. The molecule has 1 atom stereocenters. The number of nitrogens with one attached hydrogen (secondary N) is 1. The molecule has 39 heavy (non-hydrogen) atoms. The van der Waals surface area contributed by atoms with Crippen LogP contribution in [0.2, 0.25) is 0 Å². The van der Waals surface area contributed by atoms with E-state index in [1.54, 1.807) is 52.0 Å². The van der Waals surface area contributed by atoms with Gasteiger partial charge in [0.1, 0.15) is 17.2 Å². The molecule has 0 saturated heterocycles. The van der Waals surface area contributed by atoms with Gasteiger partial charge in [-0.3, -0.25) is 4.79 Å². The standard InChI is InChI=1S/C30H34FN3O5/c1-6-37-26(35)16-19-10-8-15-24-28(19)38-25(18-34(24)5)23-14-9-13-22(33-23)21-12-7-11-20(27(21)31)17-32-29(36)39-30(2,3)4/h7-15,25H,6,16-18H2,1-5H3,(H,32,36). The lowest BCUT2D eigenvalue weighted by Gasteiger charge is -2.34. The molecule has 0 saturated carbocycles. The van der Waals surface area contributed by atoms with Gasteiger partial charge in [-0.2, -0.15) is 0 Å². The van der Waals surface area contributed by atoms with Crippen molar-refractivity contribution in [3.8, 4) is 17.0 Å². The van der Waals surface area contributed by atoms with Gasteiger partial charge >= 0.3 is 12.1 Å². The molecule has 0 radical (unpaired) electrons. The lowest BCUT2D eigenvalue weighted by molar-refractivity contribution is -0.142. The molecule has 1 aliphatic heterocycles. The maximum Gasteiger partial charge on any atom is 0.407 e. The van der Waals surface area contributed by atoms with Gasteiger partial charge in [-0.05, 0) is 52.0 Å². The molecule has 1 unspecified atom stereocenters. The molecule has 0 bridgehead atoms. The molecule has 1 N–H and O–H groups in total. The van der Waals surface area contributed by atoms with E-state index in [0.717, 1.165) is 11.3 Å². The van der Waals surface area contributed by atoms with Crippen LogP contribution in [-0.4, -0.2) is 42.8 Å². The van der Waals surface area contributed by atoms with Crippen LogP contribution < -0.4 is 15.0 Å². The van der Waals surface area contributed by atoms with E-state index in [0.29, 0.717) is 41.4 Å². The number of benzene rings is 2. The van der Waals surface area contributed by atoms with Crippen molar-refractivity contribution in [2.24, 2.45) is 0 Å². The number of anilines is 1. The van der Waals surface area contributed by atoms with E-state index in [-0.39, 0.29) is 18.9 Å². The van der Waals surface area contributed by atoms with Crippen molar-refractivity contribution in [3.05, 3.63) is 77.2 Å². The topological polar surface area (TPSA) is 90.0 Å². The molecule has 4 rings (SSSR count). The monoisotopic (exact) mass is 535 g/mol. The van der Waals surface area contributed by atoms with Crippen LogP contribution in [0.4, 0.5) is 14.9 Å². The summed E-state index contributed by atoms with van der Waals surface area (Å²) in [5.74, 6) is -0.184. The van der Waals surface area contributed by atoms with Gasteiger partial charge in [0, 0.05) is 30.3 Å². The van der Waals surface area contributed by atoms with Crippen molar-refractivity contribution in [1.82, 2.24) is 10.3 Å². The molecule has 1 amide bonds. The maximum absolute atomic E-state index is 15.5. The van der Waals surface area contributed by atoms with Crippen LogP contribution in [-0.2, 0) is 27.2 Å². The van der Waals surface area contributed by atoms with E-state index in [2.05, 4.69) is 10.2 Å². The third kappa shape index (κ3) is 6.85. The second kappa shape index (κ2) is 11.7. The van der Waals surface area contributed by atoms with E-state index in [1.807, 2.05) is 37.4 Å². The predicted molar refractivity (Wildman–Crippen MR) is 146 cm³/mol. The Balaban J connectivity index is 1.56. The average Bonchev–Trinajstić information content (AvgIpc) is 2.88. The number of carbonyl (C=O) groups excluding carboxylic acids is 2. The highest BCUT2D eigenvalue weighted by molar-refractivity contribution is 5.76. The number of alkyl carbamates (subject to hydrolysis) is 1. The highest BCUT2D eigenvalue weighted by Gasteiger charge is 2.29. The average molecular weight is 536 g/mol. The zero-order valence-electron chi connectivity index (χ0n) is 22.9. The Kier molecular flexibility index (Phi) is 8.38. The fourth-order valence-corrected chi connectivity index (χ4v) is 4.37.